The first-order valence-corrected chi connectivity index (χ1v) is 7.73. The standard InChI is InChI=1S/C17H21N3O/c1-2-7-17(21)19-14-9-4-3-8-13(14)15-12-20-11-6-5-10-16(20)18-15/h3-4,8-9,12H,2,5-7,10-11H2,1H3,(H,19,21). The van der Waals surface area contributed by atoms with E-state index in [9.17, 15) is 4.79 Å². The summed E-state index contributed by atoms with van der Waals surface area (Å²) in [7, 11) is 0. The van der Waals surface area contributed by atoms with Gasteiger partial charge in [0, 0.05) is 31.1 Å². The van der Waals surface area contributed by atoms with Crippen molar-refractivity contribution in [1.29, 1.82) is 0 Å². The van der Waals surface area contributed by atoms with Crippen LogP contribution in [0.1, 0.15) is 38.4 Å². The summed E-state index contributed by atoms with van der Waals surface area (Å²) in [6.07, 6.45) is 6.99. The Labute approximate surface area is 125 Å². The first-order valence-electron chi connectivity index (χ1n) is 7.73. The molecule has 0 bridgehead atoms. The van der Waals surface area contributed by atoms with E-state index in [0.29, 0.717) is 6.42 Å². The molecule has 0 fully saturated rings. The summed E-state index contributed by atoms with van der Waals surface area (Å²) in [4.78, 5) is 16.6. The summed E-state index contributed by atoms with van der Waals surface area (Å²) in [5, 5.41) is 3.00. The molecule has 4 nitrogen and oxygen atoms in total. The zero-order chi connectivity index (χ0) is 14.7. The van der Waals surface area contributed by atoms with Gasteiger partial charge in [-0.25, -0.2) is 4.98 Å². The number of carbonyl (C=O) groups excluding carboxylic acids is 1. The summed E-state index contributed by atoms with van der Waals surface area (Å²) in [6, 6.07) is 7.90. The highest BCUT2D eigenvalue weighted by molar-refractivity contribution is 5.94. The number of para-hydroxylation sites is 1. The number of aryl methyl sites for hydroxylation is 2. The molecule has 2 heterocycles. The van der Waals surface area contributed by atoms with Gasteiger partial charge in [0.2, 0.25) is 5.91 Å². The van der Waals surface area contributed by atoms with Crippen LogP contribution in [0, 0.1) is 0 Å². The molecule has 1 aliphatic heterocycles. The van der Waals surface area contributed by atoms with Gasteiger partial charge in [-0.3, -0.25) is 4.79 Å². The zero-order valence-electron chi connectivity index (χ0n) is 12.4. The van der Waals surface area contributed by atoms with Gasteiger partial charge in [0.25, 0.3) is 0 Å². The number of hydrogen-bond acceptors (Lipinski definition) is 2. The van der Waals surface area contributed by atoms with Crippen LogP contribution < -0.4 is 5.32 Å². The molecular weight excluding hydrogens is 262 g/mol. The highest BCUT2D eigenvalue weighted by atomic mass is 16.1. The third-order valence-corrected chi connectivity index (χ3v) is 3.86. The summed E-state index contributed by atoms with van der Waals surface area (Å²) < 4.78 is 2.24. The molecule has 1 N–H and O–H groups in total. The molecule has 1 amide bonds. The molecule has 1 aromatic carbocycles. The number of carbonyl (C=O) groups is 1. The summed E-state index contributed by atoms with van der Waals surface area (Å²) in [6.45, 7) is 3.06. The van der Waals surface area contributed by atoms with Crippen molar-refractivity contribution in [2.45, 2.75) is 45.6 Å². The number of fused-ring (bicyclic) bond motifs is 1. The Morgan fingerprint density at radius 1 is 1.33 bits per heavy atom. The predicted molar refractivity (Wildman–Crippen MR) is 84.1 cm³/mol. The van der Waals surface area contributed by atoms with E-state index in [1.54, 1.807) is 0 Å². The molecule has 1 aliphatic rings. The summed E-state index contributed by atoms with van der Waals surface area (Å²) >= 11 is 0. The zero-order valence-corrected chi connectivity index (χ0v) is 12.4. The van der Waals surface area contributed by atoms with Gasteiger partial charge in [-0.1, -0.05) is 25.1 Å². The number of anilines is 1. The lowest BCUT2D eigenvalue weighted by atomic mass is 10.1. The molecule has 21 heavy (non-hydrogen) atoms. The second kappa shape index (κ2) is 6.12. The average Bonchev–Trinajstić information content (AvgIpc) is 2.91. The molecule has 0 saturated heterocycles. The van der Waals surface area contributed by atoms with E-state index in [1.165, 1.54) is 12.8 Å². The molecule has 0 atom stereocenters. The Balaban J connectivity index is 1.91. The van der Waals surface area contributed by atoms with E-state index in [0.717, 1.165) is 42.2 Å². The van der Waals surface area contributed by atoms with Crippen molar-refractivity contribution in [1.82, 2.24) is 9.55 Å². The van der Waals surface area contributed by atoms with Crippen molar-refractivity contribution < 1.29 is 4.79 Å². The van der Waals surface area contributed by atoms with Crippen molar-refractivity contribution in [2.75, 3.05) is 5.32 Å². The Bertz CT molecular complexity index is 622. The minimum Gasteiger partial charge on any atom is -0.334 e. The third-order valence-electron chi connectivity index (χ3n) is 3.86. The second-order valence-electron chi connectivity index (χ2n) is 5.54. The molecule has 0 spiro atoms. The molecule has 0 aliphatic carbocycles. The van der Waals surface area contributed by atoms with Gasteiger partial charge in [0.1, 0.15) is 5.82 Å². The smallest absolute Gasteiger partial charge is 0.224 e. The topological polar surface area (TPSA) is 46.9 Å². The molecular formula is C17H21N3O. The van der Waals surface area contributed by atoms with Gasteiger partial charge >= 0.3 is 0 Å². The molecule has 4 heteroatoms. The Morgan fingerprint density at radius 2 is 2.19 bits per heavy atom. The normalized spacial score (nSPS) is 13.8. The van der Waals surface area contributed by atoms with Crippen LogP contribution in [0.2, 0.25) is 0 Å². The molecule has 1 aromatic heterocycles. The number of imidazole rings is 1. The summed E-state index contributed by atoms with van der Waals surface area (Å²) in [5.74, 6) is 1.22. The van der Waals surface area contributed by atoms with Gasteiger partial charge in [-0.15, -0.1) is 0 Å². The van der Waals surface area contributed by atoms with Crippen LogP contribution in [-0.4, -0.2) is 15.5 Å². The van der Waals surface area contributed by atoms with Crippen molar-refractivity contribution >= 4 is 11.6 Å². The van der Waals surface area contributed by atoms with Crippen LogP contribution in [0.25, 0.3) is 11.3 Å². The van der Waals surface area contributed by atoms with E-state index in [2.05, 4.69) is 16.1 Å². The van der Waals surface area contributed by atoms with Crippen LogP contribution in [0.5, 0.6) is 0 Å². The lowest BCUT2D eigenvalue weighted by Crippen LogP contribution is -2.11. The maximum absolute atomic E-state index is 11.9. The minimum absolute atomic E-state index is 0.0638. The van der Waals surface area contributed by atoms with Crippen LogP contribution in [0.3, 0.4) is 0 Å². The molecule has 110 valence electrons. The second-order valence-corrected chi connectivity index (χ2v) is 5.54. The number of benzene rings is 1. The third kappa shape index (κ3) is 2.99. The fourth-order valence-corrected chi connectivity index (χ4v) is 2.80. The van der Waals surface area contributed by atoms with Crippen molar-refractivity contribution in [3.63, 3.8) is 0 Å². The van der Waals surface area contributed by atoms with Gasteiger partial charge < -0.3 is 9.88 Å². The van der Waals surface area contributed by atoms with Crippen molar-refractivity contribution in [3.8, 4) is 11.3 Å². The maximum atomic E-state index is 11.9. The van der Waals surface area contributed by atoms with Gasteiger partial charge in [-0.05, 0) is 25.3 Å². The van der Waals surface area contributed by atoms with E-state index in [-0.39, 0.29) is 5.91 Å². The summed E-state index contributed by atoms with van der Waals surface area (Å²) in [5.41, 5.74) is 2.81. The SMILES string of the molecule is CCCC(=O)Nc1ccccc1-c1cn2c(n1)CCCC2. The quantitative estimate of drug-likeness (QED) is 0.931. The van der Waals surface area contributed by atoms with E-state index < -0.39 is 0 Å². The fourth-order valence-electron chi connectivity index (χ4n) is 2.80. The Kier molecular flexibility index (Phi) is 4.04. The van der Waals surface area contributed by atoms with Crippen molar-refractivity contribution in [2.24, 2.45) is 0 Å². The van der Waals surface area contributed by atoms with Gasteiger partial charge in [0.05, 0.1) is 11.4 Å². The fraction of sp³-hybridized carbons (Fsp3) is 0.412. The molecule has 0 unspecified atom stereocenters. The van der Waals surface area contributed by atoms with Gasteiger partial charge in [-0.2, -0.15) is 0 Å². The largest absolute Gasteiger partial charge is 0.334 e. The first kappa shape index (κ1) is 13.9. The molecule has 0 saturated carbocycles. The van der Waals surface area contributed by atoms with Gasteiger partial charge in [0.15, 0.2) is 0 Å². The van der Waals surface area contributed by atoms with Crippen LogP contribution >= 0.6 is 0 Å². The molecule has 2 aromatic rings. The highest BCUT2D eigenvalue weighted by Gasteiger charge is 2.15. The van der Waals surface area contributed by atoms with E-state index >= 15 is 0 Å². The predicted octanol–water partition coefficient (Wildman–Crippen LogP) is 3.63. The average molecular weight is 283 g/mol. The van der Waals surface area contributed by atoms with Crippen LogP contribution in [0.4, 0.5) is 5.69 Å². The lowest BCUT2D eigenvalue weighted by Gasteiger charge is -2.11. The monoisotopic (exact) mass is 283 g/mol. The van der Waals surface area contributed by atoms with Crippen molar-refractivity contribution in [3.05, 3.63) is 36.3 Å². The van der Waals surface area contributed by atoms with E-state index in [1.807, 2.05) is 31.2 Å². The Morgan fingerprint density at radius 3 is 3.00 bits per heavy atom. The number of hydrogen-bond donors (Lipinski definition) is 1. The minimum atomic E-state index is 0.0638. The number of nitrogens with one attached hydrogen (secondary N) is 1. The maximum Gasteiger partial charge on any atom is 0.224 e. The van der Waals surface area contributed by atoms with Crippen LogP contribution in [-0.2, 0) is 17.8 Å². The molecule has 0 radical (unpaired) electrons. The lowest BCUT2D eigenvalue weighted by molar-refractivity contribution is -0.116. The van der Waals surface area contributed by atoms with Crippen LogP contribution in [0.15, 0.2) is 30.5 Å². The number of amides is 1. The molecule has 3 rings (SSSR count). The van der Waals surface area contributed by atoms with E-state index in [4.69, 9.17) is 4.98 Å². The number of aromatic nitrogens is 2. The number of rotatable bonds is 4. The Hall–Kier alpha value is -2.10. The first-order chi connectivity index (χ1) is 10.3. The highest BCUT2D eigenvalue weighted by Crippen LogP contribution is 2.29. The number of nitrogens with zero attached hydrogens (tertiary/aromatic N) is 2.